The van der Waals surface area contributed by atoms with Crippen LogP contribution in [0.5, 0.6) is 5.75 Å². The van der Waals surface area contributed by atoms with Crippen molar-refractivity contribution in [2.45, 2.75) is 6.54 Å². The molecule has 140 valence electrons. The molecule has 26 heavy (non-hydrogen) atoms. The summed E-state index contributed by atoms with van der Waals surface area (Å²) in [5.74, 6) is 0.787. The van der Waals surface area contributed by atoms with E-state index in [1.165, 1.54) is 4.90 Å². The number of nitrogens with zero attached hydrogens (tertiary/aromatic N) is 3. The summed E-state index contributed by atoms with van der Waals surface area (Å²) in [6.07, 6.45) is 0. The van der Waals surface area contributed by atoms with Gasteiger partial charge in [-0.15, -0.1) is 0 Å². The molecule has 0 aromatic heterocycles. The van der Waals surface area contributed by atoms with Gasteiger partial charge in [0.2, 0.25) is 11.8 Å². The molecular formula is C20H27N3O3. The van der Waals surface area contributed by atoms with Crippen molar-refractivity contribution in [3.05, 3.63) is 42.0 Å². The molecule has 2 aromatic carbocycles. The van der Waals surface area contributed by atoms with E-state index in [0.717, 1.165) is 22.1 Å². The van der Waals surface area contributed by atoms with Gasteiger partial charge in [-0.25, -0.2) is 0 Å². The minimum atomic E-state index is -0.0205. The van der Waals surface area contributed by atoms with Crippen molar-refractivity contribution in [1.29, 1.82) is 0 Å². The molecule has 2 aromatic rings. The highest BCUT2D eigenvalue weighted by Crippen LogP contribution is 2.22. The highest BCUT2D eigenvalue weighted by molar-refractivity contribution is 5.85. The Hall–Kier alpha value is -2.60. The minimum absolute atomic E-state index is 0.0196. The molecule has 0 atom stereocenters. The zero-order chi connectivity index (χ0) is 19.3. The SMILES string of the molecule is COc1ccc2cc(CN(C)C(=O)CN(C)CC(=O)N(C)C)ccc2c1. The first-order chi connectivity index (χ1) is 12.3. The number of carbonyl (C=O) groups is 2. The topological polar surface area (TPSA) is 53.1 Å². The Morgan fingerprint density at radius 3 is 2.15 bits per heavy atom. The maximum atomic E-state index is 12.4. The Morgan fingerprint density at radius 1 is 0.885 bits per heavy atom. The van der Waals surface area contributed by atoms with Gasteiger partial charge in [0.1, 0.15) is 5.75 Å². The second-order valence-corrected chi connectivity index (χ2v) is 6.76. The lowest BCUT2D eigenvalue weighted by Crippen LogP contribution is -2.41. The first kappa shape index (κ1) is 19.7. The number of carbonyl (C=O) groups excluding carboxylic acids is 2. The third kappa shape index (κ3) is 5.20. The molecule has 0 aliphatic carbocycles. The molecule has 0 aliphatic rings. The highest BCUT2D eigenvalue weighted by atomic mass is 16.5. The average molecular weight is 357 g/mol. The lowest BCUT2D eigenvalue weighted by molar-refractivity contribution is -0.133. The van der Waals surface area contributed by atoms with Crippen LogP contribution in [0.2, 0.25) is 0 Å². The number of hydrogen-bond donors (Lipinski definition) is 0. The maximum Gasteiger partial charge on any atom is 0.236 e. The zero-order valence-corrected chi connectivity index (χ0v) is 16.2. The summed E-state index contributed by atoms with van der Waals surface area (Å²) in [5, 5.41) is 2.21. The van der Waals surface area contributed by atoms with Crippen molar-refractivity contribution in [3.8, 4) is 5.75 Å². The highest BCUT2D eigenvalue weighted by Gasteiger charge is 2.15. The van der Waals surface area contributed by atoms with E-state index >= 15 is 0 Å². The molecule has 0 N–H and O–H groups in total. The van der Waals surface area contributed by atoms with Crippen LogP contribution in [-0.4, -0.2) is 74.9 Å². The summed E-state index contributed by atoms with van der Waals surface area (Å²) in [6.45, 7) is 0.960. The number of ether oxygens (including phenoxy) is 1. The van der Waals surface area contributed by atoms with Crippen molar-refractivity contribution in [2.75, 3.05) is 48.4 Å². The van der Waals surface area contributed by atoms with Crippen LogP contribution < -0.4 is 4.74 Å². The quantitative estimate of drug-likeness (QED) is 0.759. The van der Waals surface area contributed by atoms with Gasteiger partial charge in [0.05, 0.1) is 20.2 Å². The molecule has 0 spiro atoms. The van der Waals surface area contributed by atoms with Gasteiger partial charge < -0.3 is 14.5 Å². The fourth-order valence-corrected chi connectivity index (χ4v) is 2.64. The molecule has 0 radical (unpaired) electrons. The summed E-state index contributed by atoms with van der Waals surface area (Å²) < 4.78 is 5.24. The fraction of sp³-hybridized carbons (Fsp3) is 0.400. The molecule has 0 saturated heterocycles. The zero-order valence-electron chi connectivity index (χ0n) is 16.2. The molecular weight excluding hydrogens is 330 g/mol. The summed E-state index contributed by atoms with van der Waals surface area (Å²) in [5.41, 5.74) is 1.06. The van der Waals surface area contributed by atoms with Crippen molar-refractivity contribution in [2.24, 2.45) is 0 Å². The van der Waals surface area contributed by atoms with Crippen molar-refractivity contribution in [3.63, 3.8) is 0 Å². The van der Waals surface area contributed by atoms with Crippen molar-refractivity contribution < 1.29 is 14.3 Å². The second kappa shape index (κ2) is 8.67. The van der Waals surface area contributed by atoms with Gasteiger partial charge >= 0.3 is 0 Å². The minimum Gasteiger partial charge on any atom is -0.497 e. The van der Waals surface area contributed by atoms with Crippen LogP contribution >= 0.6 is 0 Å². The Bertz CT molecular complexity index is 789. The van der Waals surface area contributed by atoms with E-state index in [9.17, 15) is 9.59 Å². The average Bonchev–Trinajstić information content (AvgIpc) is 2.60. The molecule has 0 bridgehead atoms. The Kier molecular flexibility index (Phi) is 6.58. The number of likely N-dealkylation sites (N-methyl/N-ethyl adjacent to an activating group) is 3. The predicted octanol–water partition coefficient (Wildman–Crippen LogP) is 1.83. The molecule has 6 nitrogen and oxygen atoms in total. The van der Waals surface area contributed by atoms with Crippen LogP contribution in [0.1, 0.15) is 5.56 Å². The largest absolute Gasteiger partial charge is 0.497 e. The van der Waals surface area contributed by atoms with E-state index in [-0.39, 0.29) is 24.9 Å². The molecule has 2 rings (SSSR count). The first-order valence-corrected chi connectivity index (χ1v) is 8.49. The fourth-order valence-electron chi connectivity index (χ4n) is 2.64. The van der Waals surface area contributed by atoms with Crippen molar-refractivity contribution >= 4 is 22.6 Å². The number of hydrogen-bond acceptors (Lipinski definition) is 4. The third-order valence-electron chi connectivity index (χ3n) is 4.27. The normalized spacial score (nSPS) is 10.8. The summed E-state index contributed by atoms with van der Waals surface area (Å²) in [7, 11) is 8.62. The van der Waals surface area contributed by atoms with E-state index in [1.54, 1.807) is 45.1 Å². The lowest BCUT2D eigenvalue weighted by atomic mass is 10.1. The van der Waals surface area contributed by atoms with Crippen LogP contribution in [0, 0.1) is 0 Å². The summed E-state index contributed by atoms with van der Waals surface area (Å²) >= 11 is 0. The van der Waals surface area contributed by atoms with Gasteiger partial charge in [-0.2, -0.15) is 0 Å². The third-order valence-corrected chi connectivity index (χ3v) is 4.27. The predicted molar refractivity (Wildman–Crippen MR) is 103 cm³/mol. The Morgan fingerprint density at radius 2 is 1.50 bits per heavy atom. The first-order valence-electron chi connectivity index (χ1n) is 8.49. The summed E-state index contributed by atoms with van der Waals surface area (Å²) in [4.78, 5) is 29.0. The second-order valence-electron chi connectivity index (χ2n) is 6.76. The number of amides is 2. The monoisotopic (exact) mass is 357 g/mol. The Labute approximate surface area is 154 Å². The number of fused-ring (bicyclic) bond motifs is 1. The standard InChI is InChI=1S/C20H27N3O3/c1-21(2)19(24)13-22(3)14-20(25)23(4)12-15-6-7-17-11-18(26-5)9-8-16(17)10-15/h6-11H,12-14H2,1-5H3. The van der Waals surface area contributed by atoms with Crippen LogP contribution in [0.3, 0.4) is 0 Å². The molecule has 0 heterocycles. The van der Waals surface area contributed by atoms with Crippen molar-refractivity contribution in [1.82, 2.24) is 14.7 Å². The van der Waals surface area contributed by atoms with Crippen LogP contribution in [0.4, 0.5) is 0 Å². The van der Waals surface area contributed by atoms with Crippen LogP contribution in [0.15, 0.2) is 36.4 Å². The van der Waals surface area contributed by atoms with Gasteiger partial charge in [0.25, 0.3) is 0 Å². The van der Waals surface area contributed by atoms with Gasteiger partial charge in [-0.05, 0) is 41.6 Å². The van der Waals surface area contributed by atoms with Gasteiger partial charge in [0, 0.05) is 27.7 Å². The molecule has 0 fully saturated rings. The van der Waals surface area contributed by atoms with E-state index in [0.29, 0.717) is 6.54 Å². The van der Waals surface area contributed by atoms with E-state index in [2.05, 4.69) is 6.07 Å². The molecule has 0 unspecified atom stereocenters. The summed E-state index contributed by atoms with van der Waals surface area (Å²) in [6, 6.07) is 12.1. The smallest absolute Gasteiger partial charge is 0.236 e. The van der Waals surface area contributed by atoms with Gasteiger partial charge in [0.15, 0.2) is 0 Å². The molecule has 6 heteroatoms. The lowest BCUT2D eigenvalue weighted by Gasteiger charge is -2.23. The molecule has 0 saturated carbocycles. The Balaban J connectivity index is 1.97. The van der Waals surface area contributed by atoms with Crippen LogP contribution in [0.25, 0.3) is 10.8 Å². The van der Waals surface area contributed by atoms with E-state index < -0.39 is 0 Å². The molecule has 2 amide bonds. The van der Waals surface area contributed by atoms with E-state index in [1.807, 2.05) is 30.3 Å². The number of rotatable bonds is 7. The van der Waals surface area contributed by atoms with Gasteiger partial charge in [-0.1, -0.05) is 18.2 Å². The maximum absolute atomic E-state index is 12.4. The van der Waals surface area contributed by atoms with E-state index in [4.69, 9.17) is 4.74 Å². The van der Waals surface area contributed by atoms with Crippen LogP contribution in [-0.2, 0) is 16.1 Å². The van der Waals surface area contributed by atoms with Gasteiger partial charge in [-0.3, -0.25) is 14.5 Å². The number of benzene rings is 2. The number of methoxy groups -OCH3 is 1. The molecule has 0 aliphatic heterocycles.